The summed E-state index contributed by atoms with van der Waals surface area (Å²) in [5, 5.41) is 22.7. The van der Waals surface area contributed by atoms with E-state index in [4.69, 9.17) is 16.3 Å². The largest absolute Gasteiger partial charge is 0.546 e. The van der Waals surface area contributed by atoms with Gasteiger partial charge in [-0.15, -0.1) is 0 Å². The summed E-state index contributed by atoms with van der Waals surface area (Å²) in [6, 6.07) is 14.8. The van der Waals surface area contributed by atoms with E-state index in [0.29, 0.717) is 16.3 Å². The molecule has 0 spiro atoms. The van der Waals surface area contributed by atoms with Crippen LogP contribution in [0, 0.1) is 11.3 Å². The molecule has 0 saturated carbocycles. The van der Waals surface area contributed by atoms with E-state index in [1.807, 2.05) is 0 Å². The fraction of sp³-hybridized carbons (Fsp3) is 0.0556. The molecule has 0 aliphatic carbocycles. The summed E-state index contributed by atoms with van der Waals surface area (Å²) in [4.78, 5) is 22.8. The van der Waals surface area contributed by atoms with Crippen LogP contribution in [-0.2, 0) is 9.59 Å². The van der Waals surface area contributed by atoms with Crippen LogP contribution in [0.15, 0.2) is 54.1 Å². The van der Waals surface area contributed by atoms with E-state index in [1.165, 1.54) is 12.1 Å². The van der Waals surface area contributed by atoms with Crippen LogP contribution in [0.2, 0.25) is 5.02 Å². The Morgan fingerprint density at radius 2 is 1.88 bits per heavy atom. The summed E-state index contributed by atoms with van der Waals surface area (Å²) >= 11 is 5.97. The van der Waals surface area contributed by atoms with Gasteiger partial charge in [0.1, 0.15) is 24.0 Å². The molecule has 2 aromatic carbocycles. The van der Waals surface area contributed by atoms with Crippen molar-refractivity contribution >= 4 is 35.2 Å². The third-order valence-corrected chi connectivity index (χ3v) is 3.38. The number of amides is 1. The molecule has 2 aromatic rings. The summed E-state index contributed by atoms with van der Waals surface area (Å²) in [6.45, 7) is -0.640. The molecule has 0 fully saturated rings. The number of halogens is 1. The maximum absolute atomic E-state index is 12.3. The number of ether oxygens (including phenoxy) is 1. The number of aliphatic carboxylic acids is 1. The molecule has 0 bridgehead atoms. The number of nitrogens with zero attached hydrogens (tertiary/aromatic N) is 1. The molecule has 0 atom stereocenters. The lowest BCUT2D eigenvalue weighted by molar-refractivity contribution is -0.307. The van der Waals surface area contributed by atoms with Crippen LogP contribution in [0.4, 0.5) is 5.69 Å². The number of hydrogen-bond donors (Lipinski definition) is 1. The summed E-state index contributed by atoms with van der Waals surface area (Å²) in [6.07, 6.45) is 1.30. The Hall–Kier alpha value is -3.30. The predicted octanol–water partition coefficient (Wildman–Crippen LogP) is 2.01. The molecule has 0 radical (unpaired) electrons. The first-order valence-corrected chi connectivity index (χ1v) is 7.48. The van der Waals surface area contributed by atoms with Crippen LogP contribution in [-0.4, -0.2) is 18.5 Å². The van der Waals surface area contributed by atoms with E-state index in [1.54, 1.807) is 48.5 Å². The highest BCUT2D eigenvalue weighted by atomic mass is 35.5. The van der Waals surface area contributed by atoms with Gasteiger partial charge in [-0.1, -0.05) is 41.9 Å². The van der Waals surface area contributed by atoms with Crippen LogP contribution in [0.1, 0.15) is 5.56 Å². The number of hydrogen-bond acceptors (Lipinski definition) is 5. The molecule has 0 saturated heterocycles. The second-order valence-corrected chi connectivity index (χ2v) is 5.21. The maximum Gasteiger partial charge on any atom is 0.266 e. The predicted molar refractivity (Wildman–Crippen MR) is 90.6 cm³/mol. The third kappa shape index (κ3) is 5.09. The summed E-state index contributed by atoms with van der Waals surface area (Å²) < 4.78 is 5.09. The van der Waals surface area contributed by atoms with Crippen molar-refractivity contribution in [1.29, 1.82) is 5.26 Å². The van der Waals surface area contributed by atoms with Crippen LogP contribution < -0.4 is 15.2 Å². The molecule has 0 unspecified atom stereocenters. The Labute approximate surface area is 148 Å². The SMILES string of the molecule is N#C/C(=C\c1ccccc1OCC(=O)[O-])C(=O)Nc1ccccc1Cl. The van der Waals surface area contributed by atoms with E-state index in [2.05, 4.69) is 5.32 Å². The minimum absolute atomic E-state index is 0.190. The Kier molecular flexibility index (Phi) is 6.15. The molecule has 0 aliphatic rings. The summed E-state index contributed by atoms with van der Waals surface area (Å²) in [5.41, 5.74) is 0.566. The Bertz CT molecular complexity index is 871. The molecule has 6 nitrogen and oxygen atoms in total. The zero-order valence-corrected chi connectivity index (χ0v) is 13.6. The van der Waals surface area contributed by atoms with Crippen LogP contribution in [0.25, 0.3) is 6.08 Å². The molecule has 2 rings (SSSR count). The average Bonchev–Trinajstić information content (AvgIpc) is 2.60. The quantitative estimate of drug-likeness (QED) is 0.630. The number of carbonyl (C=O) groups excluding carboxylic acids is 2. The molecular weight excluding hydrogens is 344 g/mol. The van der Waals surface area contributed by atoms with Gasteiger partial charge in [0.05, 0.1) is 16.7 Å². The van der Waals surface area contributed by atoms with Crippen molar-refractivity contribution in [1.82, 2.24) is 0 Å². The lowest BCUT2D eigenvalue weighted by atomic mass is 10.1. The topological polar surface area (TPSA) is 102 Å². The number of carbonyl (C=O) groups is 2. The van der Waals surface area contributed by atoms with E-state index < -0.39 is 18.5 Å². The van der Waals surface area contributed by atoms with Crippen molar-refractivity contribution in [3.8, 4) is 11.8 Å². The minimum Gasteiger partial charge on any atom is -0.546 e. The van der Waals surface area contributed by atoms with Crippen molar-refractivity contribution < 1.29 is 19.4 Å². The first kappa shape index (κ1) is 18.0. The van der Waals surface area contributed by atoms with Gasteiger partial charge in [-0.25, -0.2) is 0 Å². The van der Waals surface area contributed by atoms with E-state index in [0.717, 1.165) is 0 Å². The smallest absolute Gasteiger partial charge is 0.266 e. The molecule has 0 aromatic heterocycles. The van der Waals surface area contributed by atoms with Gasteiger partial charge < -0.3 is 20.0 Å². The van der Waals surface area contributed by atoms with Gasteiger partial charge in [0, 0.05) is 5.56 Å². The van der Waals surface area contributed by atoms with Gasteiger partial charge in [0.25, 0.3) is 5.91 Å². The normalized spacial score (nSPS) is 10.6. The highest BCUT2D eigenvalue weighted by molar-refractivity contribution is 6.34. The molecule has 1 N–H and O–H groups in total. The number of carboxylic acids is 1. The minimum atomic E-state index is -1.38. The van der Waals surface area contributed by atoms with Gasteiger partial charge in [0.2, 0.25) is 0 Å². The second-order valence-electron chi connectivity index (χ2n) is 4.80. The van der Waals surface area contributed by atoms with Crippen molar-refractivity contribution in [2.24, 2.45) is 0 Å². The van der Waals surface area contributed by atoms with Gasteiger partial charge in [0.15, 0.2) is 0 Å². The number of nitriles is 1. The van der Waals surface area contributed by atoms with Crippen molar-refractivity contribution in [2.45, 2.75) is 0 Å². The molecular formula is C18H12ClN2O4-. The molecule has 0 heterocycles. The number of nitrogens with one attached hydrogen (secondary N) is 1. The standard InChI is InChI=1S/C18H13ClN2O4/c19-14-6-2-3-7-15(14)21-18(24)13(10-20)9-12-5-1-4-8-16(12)25-11-17(22)23/h1-9H,11H2,(H,21,24)(H,22,23)/p-1/b13-9+. The molecule has 0 aliphatic heterocycles. The van der Waals surface area contributed by atoms with Crippen molar-refractivity contribution in [2.75, 3.05) is 11.9 Å². The zero-order valence-electron chi connectivity index (χ0n) is 12.9. The maximum atomic E-state index is 12.3. The lowest BCUT2D eigenvalue weighted by Gasteiger charge is -2.10. The molecule has 25 heavy (non-hydrogen) atoms. The first-order chi connectivity index (χ1) is 12.0. The number of carboxylic acid groups (broad SMARTS) is 1. The van der Waals surface area contributed by atoms with Gasteiger partial charge in [-0.3, -0.25) is 4.79 Å². The number of para-hydroxylation sites is 2. The number of benzene rings is 2. The van der Waals surface area contributed by atoms with E-state index in [9.17, 15) is 20.0 Å². The molecule has 1 amide bonds. The van der Waals surface area contributed by atoms with Crippen LogP contribution >= 0.6 is 11.6 Å². The Morgan fingerprint density at radius 1 is 1.20 bits per heavy atom. The monoisotopic (exact) mass is 355 g/mol. The van der Waals surface area contributed by atoms with Crippen molar-refractivity contribution in [3.05, 3.63) is 64.7 Å². The molecule has 7 heteroatoms. The number of rotatable bonds is 6. The van der Waals surface area contributed by atoms with Crippen molar-refractivity contribution in [3.63, 3.8) is 0 Å². The Morgan fingerprint density at radius 3 is 2.56 bits per heavy atom. The van der Waals surface area contributed by atoms with Gasteiger partial charge in [-0.05, 0) is 24.3 Å². The average molecular weight is 356 g/mol. The highest BCUT2D eigenvalue weighted by Crippen LogP contribution is 2.23. The van der Waals surface area contributed by atoms with Gasteiger partial charge in [-0.2, -0.15) is 5.26 Å². The first-order valence-electron chi connectivity index (χ1n) is 7.10. The lowest BCUT2D eigenvalue weighted by Crippen LogP contribution is -2.29. The van der Waals surface area contributed by atoms with E-state index >= 15 is 0 Å². The van der Waals surface area contributed by atoms with Crippen LogP contribution in [0.3, 0.4) is 0 Å². The Balaban J connectivity index is 2.25. The number of anilines is 1. The summed E-state index contributed by atoms with van der Waals surface area (Å²) in [7, 11) is 0. The zero-order chi connectivity index (χ0) is 18.2. The summed E-state index contributed by atoms with van der Waals surface area (Å²) in [5.74, 6) is -1.81. The fourth-order valence-corrected chi connectivity index (χ4v) is 2.11. The molecule has 126 valence electrons. The van der Waals surface area contributed by atoms with Gasteiger partial charge >= 0.3 is 0 Å². The second kappa shape index (κ2) is 8.52. The fourth-order valence-electron chi connectivity index (χ4n) is 1.92. The highest BCUT2D eigenvalue weighted by Gasteiger charge is 2.12. The third-order valence-electron chi connectivity index (χ3n) is 3.05. The van der Waals surface area contributed by atoms with Crippen LogP contribution in [0.5, 0.6) is 5.75 Å². The van der Waals surface area contributed by atoms with E-state index in [-0.39, 0.29) is 11.3 Å².